The number of hydroxylamine groups is 1. The Morgan fingerprint density at radius 3 is 2.43 bits per heavy atom. The molecule has 1 saturated heterocycles. The van der Waals surface area contributed by atoms with E-state index in [4.69, 9.17) is 10.0 Å². The van der Waals surface area contributed by atoms with Crippen molar-refractivity contribution in [3.05, 3.63) is 0 Å². The van der Waals surface area contributed by atoms with Crippen LogP contribution in [0, 0.1) is 17.8 Å². The molecule has 0 unspecified atom stereocenters. The molecule has 1 heterocycles. The fraction of sp³-hybridized carbons (Fsp3) is 0.800. The molecule has 1 rings (SSSR count). The van der Waals surface area contributed by atoms with Crippen molar-refractivity contribution in [2.45, 2.75) is 53.0 Å². The van der Waals surface area contributed by atoms with Gasteiger partial charge in [-0.25, -0.2) is 10.9 Å². The minimum Gasteiger partial charge on any atom is -0.372 e. The zero-order valence-corrected chi connectivity index (χ0v) is 14.4. The molecule has 8 heteroatoms. The predicted molar refractivity (Wildman–Crippen MR) is 85.8 cm³/mol. The van der Waals surface area contributed by atoms with Crippen LogP contribution in [0.25, 0.3) is 0 Å². The van der Waals surface area contributed by atoms with Crippen molar-refractivity contribution in [3.8, 4) is 0 Å². The van der Waals surface area contributed by atoms with Crippen LogP contribution in [0.5, 0.6) is 0 Å². The van der Waals surface area contributed by atoms with Crippen LogP contribution >= 0.6 is 0 Å². The van der Waals surface area contributed by atoms with Crippen molar-refractivity contribution in [2.24, 2.45) is 23.5 Å². The summed E-state index contributed by atoms with van der Waals surface area (Å²) in [6.07, 6.45) is 2.89. The van der Waals surface area contributed by atoms with Crippen LogP contribution < -0.4 is 16.6 Å². The first-order valence-electron chi connectivity index (χ1n) is 7.95. The van der Waals surface area contributed by atoms with E-state index in [1.54, 1.807) is 17.4 Å². The number of hydrogen-bond acceptors (Lipinski definition) is 5. The van der Waals surface area contributed by atoms with Gasteiger partial charge in [0.05, 0.1) is 5.92 Å². The molecule has 134 valence electrons. The Morgan fingerprint density at radius 1 is 1.43 bits per heavy atom. The largest absolute Gasteiger partial charge is 0.372 e. The van der Waals surface area contributed by atoms with Gasteiger partial charge in [0.25, 0.3) is 0 Å². The van der Waals surface area contributed by atoms with E-state index in [0.29, 0.717) is 12.3 Å². The van der Waals surface area contributed by atoms with Crippen molar-refractivity contribution in [2.75, 3.05) is 6.54 Å². The number of nitrogens with one attached hydrogen (secondary N) is 2. The van der Waals surface area contributed by atoms with Crippen LogP contribution in [-0.4, -0.2) is 41.0 Å². The molecule has 1 aliphatic rings. The van der Waals surface area contributed by atoms with Crippen LogP contribution in [0.15, 0.2) is 0 Å². The number of amides is 3. The number of nitrogens with two attached hydrogens (primary N) is 1. The molecular formula is C15H30N4O4. The van der Waals surface area contributed by atoms with Gasteiger partial charge in [0.1, 0.15) is 0 Å². The summed E-state index contributed by atoms with van der Waals surface area (Å²) in [5.74, 6) is -1.23. The smallest absolute Gasteiger partial charge is 0.246 e. The molecule has 0 saturated carbocycles. The molecule has 1 aliphatic heterocycles. The molecule has 8 nitrogen and oxygen atoms in total. The van der Waals surface area contributed by atoms with Gasteiger partial charge in [-0.2, -0.15) is 0 Å². The third-order valence-electron chi connectivity index (χ3n) is 3.93. The number of carbonyl (C=O) groups is 3. The SMILES string of the molecule is CC(C)C[C@H](C(=O)N1NCCC[C@H]1C)[C@@H](C)C(=O)NO.NC=O. The molecule has 3 atom stereocenters. The summed E-state index contributed by atoms with van der Waals surface area (Å²) < 4.78 is 0. The number of hydrazine groups is 1. The first kappa shape index (κ1) is 21.3. The van der Waals surface area contributed by atoms with Crippen molar-refractivity contribution >= 4 is 18.2 Å². The number of carbonyl (C=O) groups excluding carboxylic acids is 3. The van der Waals surface area contributed by atoms with Crippen LogP contribution in [-0.2, 0) is 14.4 Å². The maximum Gasteiger partial charge on any atom is 0.246 e. The Balaban J connectivity index is 0.00000149. The van der Waals surface area contributed by atoms with Gasteiger partial charge in [0.15, 0.2) is 0 Å². The predicted octanol–water partition coefficient (Wildman–Crippen LogP) is 0.407. The maximum atomic E-state index is 12.7. The van der Waals surface area contributed by atoms with Gasteiger partial charge >= 0.3 is 0 Å². The lowest BCUT2D eigenvalue weighted by Crippen LogP contribution is -2.55. The summed E-state index contributed by atoms with van der Waals surface area (Å²) in [5, 5.41) is 10.5. The molecule has 0 aliphatic carbocycles. The molecule has 23 heavy (non-hydrogen) atoms. The summed E-state index contributed by atoms with van der Waals surface area (Å²) >= 11 is 0. The Bertz CT molecular complexity index is 390. The van der Waals surface area contributed by atoms with Gasteiger partial charge in [-0.05, 0) is 32.1 Å². The second-order valence-corrected chi connectivity index (χ2v) is 6.24. The number of primary amides is 1. The molecule has 0 radical (unpaired) electrons. The van der Waals surface area contributed by atoms with E-state index in [2.05, 4.69) is 11.2 Å². The van der Waals surface area contributed by atoms with E-state index in [1.807, 2.05) is 20.8 Å². The Labute approximate surface area is 137 Å². The summed E-state index contributed by atoms with van der Waals surface area (Å²) in [7, 11) is 0. The monoisotopic (exact) mass is 330 g/mol. The highest BCUT2D eigenvalue weighted by molar-refractivity contribution is 5.87. The van der Waals surface area contributed by atoms with Crippen molar-refractivity contribution in [3.63, 3.8) is 0 Å². The van der Waals surface area contributed by atoms with Crippen LogP contribution in [0.3, 0.4) is 0 Å². The van der Waals surface area contributed by atoms with E-state index in [-0.39, 0.29) is 18.4 Å². The first-order valence-corrected chi connectivity index (χ1v) is 7.95. The molecule has 5 N–H and O–H groups in total. The minimum absolute atomic E-state index is 0.0537. The molecule has 1 fully saturated rings. The van der Waals surface area contributed by atoms with E-state index >= 15 is 0 Å². The second-order valence-electron chi connectivity index (χ2n) is 6.24. The molecule has 0 bridgehead atoms. The maximum absolute atomic E-state index is 12.7. The summed E-state index contributed by atoms with van der Waals surface area (Å²) in [4.78, 5) is 32.9. The molecule has 3 amide bonds. The van der Waals surface area contributed by atoms with Crippen molar-refractivity contribution < 1.29 is 19.6 Å². The first-order chi connectivity index (χ1) is 10.8. The van der Waals surface area contributed by atoms with Crippen molar-refractivity contribution in [1.29, 1.82) is 0 Å². The van der Waals surface area contributed by atoms with Crippen LogP contribution in [0.2, 0.25) is 0 Å². The lowest BCUT2D eigenvalue weighted by Gasteiger charge is -2.37. The van der Waals surface area contributed by atoms with Crippen molar-refractivity contribution in [1.82, 2.24) is 15.9 Å². The van der Waals surface area contributed by atoms with Crippen LogP contribution in [0.4, 0.5) is 0 Å². The summed E-state index contributed by atoms with van der Waals surface area (Å²) in [5.41, 5.74) is 8.95. The highest BCUT2D eigenvalue weighted by Gasteiger charge is 2.36. The van der Waals surface area contributed by atoms with E-state index < -0.39 is 17.7 Å². The van der Waals surface area contributed by atoms with Gasteiger partial charge in [-0.15, -0.1) is 0 Å². The number of rotatable bonds is 5. The molecule has 0 aromatic rings. The topological polar surface area (TPSA) is 125 Å². The highest BCUT2D eigenvalue weighted by atomic mass is 16.5. The van der Waals surface area contributed by atoms with Gasteiger partial charge < -0.3 is 5.73 Å². The highest BCUT2D eigenvalue weighted by Crippen LogP contribution is 2.25. The normalized spacial score (nSPS) is 20.1. The quantitative estimate of drug-likeness (QED) is 0.330. The molecule has 0 aromatic carbocycles. The van der Waals surface area contributed by atoms with Gasteiger partial charge in [0, 0.05) is 18.5 Å². The van der Waals surface area contributed by atoms with Crippen LogP contribution in [0.1, 0.15) is 47.0 Å². The van der Waals surface area contributed by atoms with Gasteiger partial charge in [0.2, 0.25) is 18.2 Å². The average molecular weight is 330 g/mol. The average Bonchev–Trinajstić information content (AvgIpc) is 2.51. The lowest BCUT2D eigenvalue weighted by molar-refractivity contribution is -0.150. The summed E-state index contributed by atoms with van der Waals surface area (Å²) in [6, 6.07) is 0.135. The number of nitrogens with zero attached hydrogens (tertiary/aromatic N) is 1. The van der Waals surface area contributed by atoms with Gasteiger partial charge in [-0.1, -0.05) is 20.8 Å². The third-order valence-corrected chi connectivity index (χ3v) is 3.93. The Kier molecular flexibility index (Phi) is 10.2. The van der Waals surface area contributed by atoms with E-state index in [1.165, 1.54) is 0 Å². The minimum atomic E-state index is -0.550. The fourth-order valence-corrected chi connectivity index (χ4v) is 2.67. The summed E-state index contributed by atoms with van der Waals surface area (Å²) in [6.45, 7) is 8.53. The second kappa shape index (κ2) is 11.0. The molecule has 0 spiro atoms. The fourth-order valence-electron chi connectivity index (χ4n) is 2.67. The molecular weight excluding hydrogens is 300 g/mol. The Hall–Kier alpha value is -1.67. The third kappa shape index (κ3) is 6.96. The standard InChI is InChI=1S/C14H27N3O3.CH3NO/c1-9(2)8-12(11(4)13(18)16-20)14(19)17-10(3)6-5-7-15-17;2-1-3/h9-12,15,20H,5-8H2,1-4H3,(H,16,18);1H,(H2,2,3)/t10-,11-,12+;/m1./s1. The molecule has 0 aromatic heterocycles. The zero-order chi connectivity index (χ0) is 18.0. The lowest BCUT2D eigenvalue weighted by atomic mass is 9.84. The zero-order valence-electron chi connectivity index (χ0n) is 14.4. The Morgan fingerprint density at radius 2 is 2.00 bits per heavy atom. The van der Waals surface area contributed by atoms with E-state index in [9.17, 15) is 9.59 Å². The van der Waals surface area contributed by atoms with Gasteiger partial charge in [-0.3, -0.25) is 24.6 Å². The number of hydrogen-bond donors (Lipinski definition) is 4. The van der Waals surface area contributed by atoms with E-state index in [0.717, 1.165) is 19.4 Å².